The number of nitrogens with zero attached hydrogens (tertiary/aromatic N) is 2. The maximum absolute atomic E-state index is 14.4. The second-order valence-electron chi connectivity index (χ2n) is 7.10. The fraction of sp³-hybridized carbons (Fsp3) is 0.400. The summed E-state index contributed by atoms with van der Waals surface area (Å²) in [6, 6.07) is 4.44. The Morgan fingerprint density at radius 1 is 0.963 bits per heavy atom. The molecule has 1 aromatic heterocycles. The smallest absolute Gasteiger partial charge is 0.267 e. The molecule has 0 unspecified atom stereocenters. The molecule has 7 heteroatoms. The number of rotatable bonds is 3. The Morgan fingerprint density at radius 2 is 1.67 bits per heavy atom. The third-order valence-corrected chi connectivity index (χ3v) is 5.29. The Morgan fingerprint density at radius 3 is 2.41 bits per heavy atom. The summed E-state index contributed by atoms with van der Waals surface area (Å²) in [5, 5.41) is 6.76. The zero-order valence-corrected chi connectivity index (χ0v) is 14.9. The minimum Gasteiger partial charge on any atom is -0.274 e. The summed E-state index contributed by atoms with van der Waals surface area (Å²) in [7, 11) is 0. The van der Waals surface area contributed by atoms with Crippen molar-refractivity contribution in [3.63, 3.8) is 0 Å². The highest BCUT2D eigenvalue weighted by atomic mass is 19.1. The van der Waals surface area contributed by atoms with Crippen molar-refractivity contribution in [1.29, 1.82) is 0 Å². The van der Waals surface area contributed by atoms with Crippen molar-refractivity contribution in [2.24, 2.45) is 0 Å². The molecule has 1 aliphatic carbocycles. The normalized spacial score (nSPS) is 17.1. The number of carbonyl (C=O) groups is 2. The number of fused-ring (bicyclic) bond motifs is 1. The third-order valence-electron chi connectivity index (χ3n) is 5.29. The minimum absolute atomic E-state index is 0.000456. The summed E-state index contributed by atoms with van der Waals surface area (Å²) < 4.78 is 14.4. The molecule has 2 aromatic rings. The Balaban J connectivity index is 1.69. The SMILES string of the molecule is O=C1CCCC(=O)N1c1cc(Cc2n[nH]c(=O)c3c2CCCC3)ccc1F. The third kappa shape index (κ3) is 3.29. The van der Waals surface area contributed by atoms with Crippen molar-refractivity contribution in [1.82, 2.24) is 10.2 Å². The first-order chi connectivity index (χ1) is 13.0. The van der Waals surface area contributed by atoms with Crippen LogP contribution in [0.4, 0.5) is 10.1 Å². The highest BCUT2D eigenvalue weighted by molar-refractivity contribution is 6.16. The molecule has 0 spiro atoms. The molecule has 2 aliphatic rings. The molecular formula is C20H20FN3O3. The summed E-state index contributed by atoms with van der Waals surface area (Å²) >= 11 is 0. The van der Waals surface area contributed by atoms with Crippen molar-refractivity contribution in [3.8, 4) is 0 Å². The quantitative estimate of drug-likeness (QED) is 0.843. The summed E-state index contributed by atoms with van der Waals surface area (Å²) in [4.78, 5) is 37.2. The van der Waals surface area contributed by atoms with E-state index < -0.39 is 5.82 Å². The average Bonchev–Trinajstić information content (AvgIpc) is 2.66. The van der Waals surface area contributed by atoms with Crippen LogP contribution < -0.4 is 10.5 Å². The fourth-order valence-electron chi connectivity index (χ4n) is 3.93. The van der Waals surface area contributed by atoms with Crippen molar-refractivity contribution in [3.05, 3.63) is 56.8 Å². The summed E-state index contributed by atoms with van der Waals surface area (Å²) in [5.74, 6) is -1.34. The number of hydrogen-bond donors (Lipinski definition) is 1. The van der Waals surface area contributed by atoms with E-state index in [-0.39, 0.29) is 35.9 Å². The standard InChI is InChI=1S/C20H20FN3O3/c21-15-9-8-12(11-17(15)24-18(25)6-3-7-19(24)26)10-16-13-4-1-2-5-14(13)20(27)23-22-16/h8-9,11H,1-7,10H2,(H,23,27). The molecule has 0 radical (unpaired) electrons. The monoisotopic (exact) mass is 369 g/mol. The van der Waals surface area contributed by atoms with Crippen LogP contribution in [0.25, 0.3) is 0 Å². The Kier molecular flexibility index (Phi) is 4.59. The summed E-state index contributed by atoms with van der Waals surface area (Å²) in [6.45, 7) is 0. The molecule has 2 heterocycles. The minimum atomic E-state index is -0.598. The first-order valence-corrected chi connectivity index (χ1v) is 9.28. The first kappa shape index (κ1) is 17.6. The topological polar surface area (TPSA) is 83.1 Å². The number of amides is 2. The Hall–Kier alpha value is -2.83. The van der Waals surface area contributed by atoms with E-state index in [1.165, 1.54) is 6.07 Å². The number of aromatic nitrogens is 2. The van der Waals surface area contributed by atoms with Gasteiger partial charge in [0.25, 0.3) is 5.56 Å². The van der Waals surface area contributed by atoms with Crippen LogP contribution >= 0.6 is 0 Å². The van der Waals surface area contributed by atoms with E-state index in [1.54, 1.807) is 12.1 Å². The molecule has 1 fully saturated rings. The number of imide groups is 1. The molecule has 0 atom stereocenters. The number of nitrogens with one attached hydrogen (secondary N) is 1. The molecule has 6 nitrogen and oxygen atoms in total. The number of anilines is 1. The zero-order chi connectivity index (χ0) is 19.0. The molecule has 27 heavy (non-hydrogen) atoms. The molecule has 1 saturated heterocycles. The van der Waals surface area contributed by atoms with Gasteiger partial charge in [0.2, 0.25) is 11.8 Å². The lowest BCUT2D eigenvalue weighted by molar-refractivity contribution is -0.129. The van der Waals surface area contributed by atoms with Crippen LogP contribution in [0.3, 0.4) is 0 Å². The van der Waals surface area contributed by atoms with Gasteiger partial charge in [-0.2, -0.15) is 5.10 Å². The number of H-pyrrole nitrogens is 1. The number of benzene rings is 1. The molecule has 1 aliphatic heterocycles. The second kappa shape index (κ2) is 7.06. The predicted molar refractivity (Wildman–Crippen MR) is 97.0 cm³/mol. The average molecular weight is 369 g/mol. The molecular weight excluding hydrogens is 349 g/mol. The molecule has 0 saturated carbocycles. The van der Waals surface area contributed by atoms with Gasteiger partial charge in [-0.1, -0.05) is 6.07 Å². The van der Waals surface area contributed by atoms with Gasteiger partial charge in [-0.05, 0) is 55.4 Å². The first-order valence-electron chi connectivity index (χ1n) is 9.28. The number of carbonyl (C=O) groups excluding carboxylic acids is 2. The molecule has 1 N–H and O–H groups in total. The highest BCUT2D eigenvalue weighted by Gasteiger charge is 2.29. The lowest BCUT2D eigenvalue weighted by Gasteiger charge is -2.25. The van der Waals surface area contributed by atoms with Gasteiger partial charge in [0.05, 0.1) is 11.4 Å². The van der Waals surface area contributed by atoms with Crippen LogP contribution in [0, 0.1) is 5.82 Å². The number of aromatic amines is 1. The number of piperidine rings is 1. The van der Waals surface area contributed by atoms with Gasteiger partial charge in [0, 0.05) is 24.8 Å². The van der Waals surface area contributed by atoms with E-state index in [9.17, 15) is 18.8 Å². The van der Waals surface area contributed by atoms with Gasteiger partial charge in [-0.15, -0.1) is 0 Å². The van der Waals surface area contributed by atoms with Gasteiger partial charge in [0.1, 0.15) is 5.82 Å². The van der Waals surface area contributed by atoms with Gasteiger partial charge >= 0.3 is 0 Å². The van der Waals surface area contributed by atoms with E-state index in [0.29, 0.717) is 12.8 Å². The van der Waals surface area contributed by atoms with Crippen LogP contribution in [-0.4, -0.2) is 22.0 Å². The fourth-order valence-corrected chi connectivity index (χ4v) is 3.93. The van der Waals surface area contributed by atoms with E-state index in [1.807, 2.05) is 0 Å². The number of hydrogen-bond acceptors (Lipinski definition) is 4. The largest absolute Gasteiger partial charge is 0.274 e. The van der Waals surface area contributed by atoms with Crippen LogP contribution in [0.15, 0.2) is 23.0 Å². The maximum atomic E-state index is 14.4. The van der Waals surface area contributed by atoms with Crippen LogP contribution in [0.2, 0.25) is 0 Å². The molecule has 2 amide bonds. The molecule has 1 aromatic carbocycles. The van der Waals surface area contributed by atoms with Crippen molar-refractivity contribution < 1.29 is 14.0 Å². The van der Waals surface area contributed by atoms with E-state index in [0.717, 1.165) is 53.0 Å². The Labute approximate surface area is 155 Å². The van der Waals surface area contributed by atoms with E-state index >= 15 is 0 Å². The Bertz CT molecular complexity index is 967. The summed E-state index contributed by atoms with van der Waals surface area (Å²) in [6.07, 6.45) is 4.93. The van der Waals surface area contributed by atoms with Gasteiger partial charge in [-0.3, -0.25) is 14.4 Å². The van der Waals surface area contributed by atoms with Crippen molar-refractivity contribution in [2.45, 2.75) is 51.4 Å². The predicted octanol–water partition coefficient (Wildman–Crippen LogP) is 2.42. The van der Waals surface area contributed by atoms with E-state index in [4.69, 9.17) is 0 Å². The number of halogens is 1. The molecule has 4 rings (SSSR count). The highest BCUT2D eigenvalue weighted by Crippen LogP contribution is 2.28. The molecule has 140 valence electrons. The molecule has 0 bridgehead atoms. The van der Waals surface area contributed by atoms with Crippen LogP contribution in [0.5, 0.6) is 0 Å². The van der Waals surface area contributed by atoms with Gasteiger partial charge in [0.15, 0.2) is 0 Å². The maximum Gasteiger partial charge on any atom is 0.267 e. The van der Waals surface area contributed by atoms with Crippen LogP contribution in [-0.2, 0) is 28.9 Å². The summed E-state index contributed by atoms with van der Waals surface area (Å²) in [5.41, 5.74) is 3.12. The van der Waals surface area contributed by atoms with E-state index in [2.05, 4.69) is 10.2 Å². The van der Waals surface area contributed by atoms with Crippen molar-refractivity contribution in [2.75, 3.05) is 4.90 Å². The van der Waals surface area contributed by atoms with Crippen molar-refractivity contribution >= 4 is 17.5 Å². The van der Waals surface area contributed by atoms with Gasteiger partial charge in [-0.25, -0.2) is 14.4 Å². The zero-order valence-electron chi connectivity index (χ0n) is 14.9. The van der Waals surface area contributed by atoms with Crippen LogP contribution in [0.1, 0.15) is 54.5 Å². The lowest BCUT2D eigenvalue weighted by atomic mass is 9.90. The lowest BCUT2D eigenvalue weighted by Crippen LogP contribution is -2.40. The second-order valence-corrected chi connectivity index (χ2v) is 7.10. The van der Waals surface area contributed by atoms with Gasteiger partial charge < -0.3 is 0 Å².